The second kappa shape index (κ2) is 7.26. The van der Waals surface area contributed by atoms with Gasteiger partial charge in [0.05, 0.1) is 18.6 Å². The van der Waals surface area contributed by atoms with Gasteiger partial charge in [-0.25, -0.2) is 0 Å². The number of ether oxygens (including phenoxy) is 2. The van der Waals surface area contributed by atoms with Crippen molar-refractivity contribution >= 4 is 11.9 Å². The number of carboxylic acid groups (broad SMARTS) is 1. The fraction of sp³-hybridized carbons (Fsp3) is 0.500. The molecule has 0 aromatic heterocycles. The van der Waals surface area contributed by atoms with Crippen molar-refractivity contribution in [2.45, 2.75) is 31.7 Å². The minimum atomic E-state index is -0.956. The lowest BCUT2D eigenvalue weighted by Crippen LogP contribution is -2.51. The van der Waals surface area contributed by atoms with Crippen molar-refractivity contribution in [3.8, 4) is 5.75 Å². The normalized spacial score (nSPS) is 20.6. The summed E-state index contributed by atoms with van der Waals surface area (Å²) in [5.74, 6) is -0.615. The van der Waals surface area contributed by atoms with E-state index >= 15 is 0 Å². The predicted molar refractivity (Wildman–Crippen MR) is 79.9 cm³/mol. The molecule has 0 spiro atoms. The van der Waals surface area contributed by atoms with E-state index in [-0.39, 0.29) is 25.5 Å². The zero-order chi connectivity index (χ0) is 16.0. The zero-order valence-electron chi connectivity index (χ0n) is 12.6. The second-order valence-corrected chi connectivity index (χ2v) is 5.45. The first kappa shape index (κ1) is 16.3. The van der Waals surface area contributed by atoms with Crippen molar-refractivity contribution < 1.29 is 24.2 Å². The van der Waals surface area contributed by atoms with Gasteiger partial charge < -0.3 is 19.9 Å². The number of carboxylic acids is 1. The Morgan fingerprint density at radius 1 is 1.41 bits per heavy atom. The topological polar surface area (TPSA) is 84.9 Å². The minimum Gasteiger partial charge on any atom is -0.483 e. The van der Waals surface area contributed by atoms with E-state index in [1.54, 1.807) is 0 Å². The van der Waals surface area contributed by atoms with Gasteiger partial charge in [0.1, 0.15) is 5.75 Å². The summed E-state index contributed by atoms with van der Waals surface area (Å²) >= 11 is 0. The molecule has 1 saturated heterocycles. The number of rotatable bonds is 7. The lowest BCUT2D eigenvalue weighted by Gasteiger charge is -2.27. The summed E-state index contributed by atoms with van der Waals surface area (Å²) in [6.07, 6.45) is 1.16. The molecule has 1 aliphatic rings. The number of nitrogens with one attached hydrogen (secondary N) is 1. The molecule has 2 N–H and O–H groups in total. The van der Waals surface area contributed by atoms with E-state index in [1.807, 2.05) is 31.2 Å². The van der Waals surface area contributed by atoms with Gasteiger partial charge in [0.2, 0.25) is 0 Å². The average Bonchev–Trinajstić information content (AvgIpc) is 2.92. The maximum Gasteiger partial charge on any atom is 0.305 e. The van der Waals surface area contributed by atoms with Crippen LogP contribution in [0.2, 0.25) is 0 Å². The number of aliphatic carboxylic acids is 1. The Morgan fingerprint density at radius 2 is 2.18 bits per heavy atom. The van der Waals surface area contributed by atoms with Gasteiger partial charge in [0.15, 0.2) is 6.61 Å². The van der Waals surface area contributed by atoms with Crippen LogP contribution in [-0.2, 0) is 20.7 Å². The van der Waals surface area contributed by atoms with Gasteiger partial charge in [-0.15, -0.1) is 0 Å². The fourth-order valence-electron chi connectivity index (χ4n) is 2.59. The number of hydrogen-bond acceptors (Lipinski definition) is 4. The molecule has 1 aliphatic heterocycles. The third-order valence-electron chi connectivity index (χ3n) is 3.71. The molecule has 1 aromatic carbocycles. The molecule has 0 saturated carbocycles. The number of carbonyl (C=O) groups excluding carboxylic acids is 1. The molecular formula is C16H21NO5. The first-order valence-electron chi connectivity index (χ1n) is 7.36. The van der Waals surface area contributed by atoms with Gasteiger partial charge in [-0.05, 0) is 24.5 Å². The monoisotopic (exact) mass is 307 g/mol. The highest BCUT2D eigenvalue weighted by atomic mass is 16.5. The predicted octanol–water partition coefficient (Wildman–Crippen LogP) is 1.38. The largest absolute Gasteiger partial charge is 0.483 e. The number of benzene rings is 1. The number of hydrogen-bond donors (Lipinski definition) is 2. The van der Waals surface area contributed by atoms with Crippen LogP contribution in [0.15, 0.2) is 24.3 Å². The smallest absolute Gasteiger partial charge is 0.305 e. The van der Waals surface area contributed by atoms with Crippen LogP contribution >= 0.6 is 0 Å². The van der Waals surface area contributed by atoms with E-state index in [0.29, 0.717) is 18.8 Å². The molecule has 1 heterocycles. The molecule has 22 heavy (non-hydrogen) atoms. The van der Waals surface area contributed by atoms with Crippen LogP contribution in [0.5, 0.6) is 5.75 Å². The van der Waals surface area contributed by atoms with Gasteiger partial charge in [0.25, 0.3) is 5.91 Å². The van der Waals surface area contributed by atoms with Gasteiger partial charge in [-0.3, -0.25) is 9.59 Å². The molecule has 0 radical (unpaired) electrons. The fourth-order valence-corrected chi connectivity index (χ4v) is 2.59. The summed E-state index contributed by atoms with van der Waals surface area (Å²) in [4.78, 5) is 23.0. The first-order chi connectivity index (χ1) is 10.5. The second-order valence-electron chi connectivity index (χ2n) is 5.45. The maximum absolute atomic E-state index is 12.1. The van der Waals surface area contributed by atoms with E-state index in [1.165, 1.54) is 0 Å². The molecule has 1 amide bonds. The SMILES string of the molecule is CCc1ccccc1OCC(=O)NC1(CC(=O)O)CCOC1. The van der Waals surface area contributed by atoms with Crippen molar-refractivity contribution in [1.82, 2.24) is 5.32 Å². The molecule has 1 fully saturated rings. The van der Waals surface area contributed by atoms with Crippen LogP contribution < -0.4 is 10.1 Å². The van der Waals surface area contributed by atoms with Crippen molar-refractivity contribution in [3.63, 3.8) is 0 Å². The molecule has 120 valence electrons. The molecule has 1 unspecified atom stereocenters. The van der Waals surface area contributed by atoms with Crippen molar-refractivity contribution in [2.75, 3.05) is 19.8 Å². The summed E-state index contributed by atoms with van der Waals surface area (Å²) in [5.41, 5.74) is 0.205. The Balaban J connectivity index is 1.93. The number of carbonyl (C=O) groups is 2. The number of aryl methyl sites for hydroxylation is 1. The van der Waals surface area contributed by atoms with Crippen LogP contribution in [0.3, 0.4) is 0 Å². The average molecular weight is 307 g/mol. The zero-order valence-corrected chi connectivity index (χ0v) is 12.6. The van der Waals surface area contributed by atoms with Crippen molar-refractivity contribution in [3.05, 3.63) is 29.8 Å². The third-order valence-corrected chi connectivity index (χ3v) is 3.71. The molecule has 1 atom stereocenters. The van der Waals surface area contributed by atoms with Crippen LogP contribution in [0, 0.1) is 0 Å². The minimum absolute atomic E-state index is 0.140. The summed E-state index contributed by atoms with van der Waals surface area (Å²) in [6, 6.07) is 7.54. The summed E-state index contributed by atoms with van der Waals surface area (Å²) in [7, 11) is 0. The molecule has 2 rings (SSSR count). The van der Waals surface area contributed by atoms with E-state index in [0.717, 1.165) is 12.0 Å². The summed E-state index contributed by atoms with van der Waals surface area (Å²) in [5, 5.41) is 11.8. The van der Waals surface area contributed by atoms with Gasteiger partial charge >= 0.3 is 5.97 Å². The highest BCUT2D eigenvalue weighted by Gasteiger charge is 2.38. The van der Waals surface area contributed by atoms with Gasteiger partial charge in [-0.1, -0.05) is 25.1 Å². The number of amides is 1. The molecule has 1 aromatic rings. The van der Waals surface area contributed by atoms with Gasteiger partial charge in [-0.2, -0.15) is 0 Å². The Kier molecular flexibility index (Phi) is 5.38. The van der Waals surface area contributed by atoms with Gasteiger partial charge in [0, 0.05) is 6.61 Å². The molecular weight excluding hydrogens is 286 g/mol. The van der Waals surface area contributed by atoms with Crippen molar-refractivity contribution in [2.24, 2.45) is 0 Å². The molecule has 0 bridgehead atoms. The molecule has 6 nitrogen and oxygen atoms in total. The summed E-state index contributed by atoms with van der Waals surface area (Å²) < 4.78 is 10.8. The standard InChI is InChI=1S/C16H21NO5/c1-2-12-5-3-4-6-13(12)22-10-14(18)17-16(9-15(19)20)7-8-21-11-16/h3-6H,2,7-11H2,1H3,(H,17,18)(H,19,20). The number of para-hydroxylation sites is 1. The highest BCUT2D eigenvalue weighted by Crippen LogP contribution is 2.23. The lowest BCUT2D eigenvalue weighted by atomic mass is 9.94. The maximum atomic E-state index is 12.1. The summed E-state index contributed by atoms with van der Waals surface area (Å²) in [6.45, 7) is 2.54. The van der Waals surface area contributed by atoms with Crippen LogP contribution in [-0.4, -0.2) is 42.3 Å². The van der Waals surface area contributed by atoms with Crippen LogP contribution in [0.1, 0.15) is 25.3 Å². The van der Waals surface area contributed by atoms with Crippen LogP contribution in [0.25, 0.3) is 0 Å². The molecule has 6 heteroatoms. The quantitative estimate of drug-likeness (QED) is 0.795. The Morgan fingerprint density at radius 3 is 2.82 bits per heavy atom. The van der Waals surface area contributed by atoms with Crippen molar-refractivity contribution in [1.29, 1.82) is 0 Å². The lowest BCUT2D eigenvalue weighted by molar-refractivity contribution is -0.139. The Bertz CT molecular complexity index is 537. The van der Waals surface area contributed by atoms with Crippen LogP contribution in [0.4, 0.5) is 0 Å². The van der Waals surface area contributed by atoms with E-state index < -0.39 is 11.5 Å². The molecule has 0 aliphatic carbocycles. The first-order valence-corrected chi connectivity index (χ1v) is 7.36. The third kappa shape index (κ3) is 4.21. The Labute approximate surface area is 129 Å². The van der Waals surface area contributed by atoms with E-state index in [2.05, 4.69) is 5.32 Å². The van der Waals surface area contributed by atoms with E-state index in [4.69, 9.17) is 14.6 Å². The Hall–Kier alpha value is -2.08. The highest BCUT2D eigenvalue weighted by molar-refractivity contribution is 5.79. The van der Waals surface area contributed by atoms with E-state index in [9.17, 15) is 9.59 Å².